The molecule has 0 aromatic heterocycles. The van der Waals surface area contributed by atoms with Crippen LogP contribution in [-0.4, -0.2) is 35.4 Å². The Morgan fingerprint density at radius 3 is 2.36 bits per heavy atom. The Morgan fingerprint density at radius 2 is 1.93 bits per heavy atom. The highest BCUT2D eigenvalue weighted by Gasteiger charge is 2.43. The maximum Gasteiger partial charge on any atom is 0.408 e. The van der Waals surface area contributed by atoms with Gasteiger partial charge < -0.3 is 4.90 Å². The summed E-state index contributed by atoms with van der Waals surface area (Å²) in [5, 5.41) is 0. The smallest absolute Gasteiger partial charge is 0.330 e. The number of nitrogens with zero attached hydrogens (tertiary/aromatic N) is 1. The van der Waals surface area contributed by atoms with Crippen molar-refractivity contribution in [2.45, 2.75) is 32.0 Å². The van der Waals surface area contributed by atoms with Crippen LogP contribution in [0.1, 0.15) is 19.8 Å². The topological polar surface area (TPSA) is 37.4 Å². The van der Waals surface area contributed by atoms with Gasteiger partial charge in [-0.25, -0.2) is 0 Å². The number of ketones is 1. The van der Waals surface area contributed by atoms with Gasteiger partial charge in [0.2, 0.25) is 5.91 Å². The molecule has 1 rings (SSSR count). The third-order valence-corrected chi connectivity index (χ3v) is 2.24. The summed E-state index contributed by atoms with van der Waals surface area (Å²) in [7, 11) is 0. The van der Waals surface area contributed by atoms with Crippen molar-refractivity contribution in [1.29, 1.82) is 0 Å². The Labute approximate surface area is 78.9 Å². The van der Waals surface area contributed by atoms with E-state index in [9.17, 15) is 22.8 Å². The van der Waals surface area contributed by atoms with Gasteiger partial charge in [0.15, 0.2) is 0 Å². The van der Waals surface area contributed by atoms with Crippen LogP contribution in [0.4, 0.5) is 13.2 Å². The van der Waals surface area contributed by atoms with Gasteiger partial charge in [-0.2, -0.15) is 13.2 Å². The normalized spacial score (nSPS) is 21.3. The lowest BCUT2D eigenvalue weighted by Gasteiger charge is -2.32. The highest BCUT2D eigenvalue weighted by Crippen LogP contribution is 2.26. The summed E-state index contributed by atoms with van der Waals surface area (Å²) < 4.78 is 36.7. The average Bonchev–Trinajstić information content (AvgIpc) is 2.01. The molecule has 0 aromatic carbocycles. The first-order chi connectivity index (χ1) is 6.32. The molecule has 0 spiro atoms. The lowest BCUT2D eigenvalue weighted by molar-refractivity contribution is -0.188. The van der Waals surface area contributed by atoms with Crippen LogP contribution in [0, 0.1) is 0 Å². The molecule has 1 aliphatic rings. The Balaban J connectivity index is 2.70. The Bertz CT molecular complexity index is 262. The molecule has 0 radical (unpaired) electrons. The van der Waals surface area contributed by atoms with E-state index in [0.29, 0.717) is 4.90 Å². The van der Waals surface area contributed by atoms with Crippen molar-refractivity contribution < 1.29 is 22.8 Å². The van der Waals surface area contributed by atoms with E-state index in [4.69, 9.17) is 0 Å². The minimum Gasteiger partial charge on any atom is -0.330 e. The van der Waals surface area contributed by atoms with Gasteiger partial charge in [0.1, 0.15) is 11.8 Å². The number of carbonyl (C=O) groups is 2. The number of carbonyl (C=O) groups excluding carboxylic acids is 2. The lowest BCUT2D eigenvalue weighted by Crippen LogP contribution is -2.50. The fraction of sp³-hybridized carbons (Fsp3) is 0.750. The van der Waals surface area contributed by atoms with E-state index >= 15 is 0 Å². The SMILES string of the molecule is CC(N1CCC(=O)CC1=O)C(F)(F)F. The molecule has 1 heterocycles. The number of hydrogen-bond acceptors (Lipinski definition) is 2. The number of amides is 1. The van der Waals surface area contributed by atoms with Crippen LogP contribution in [0.3, 0.4) is 0 Å². The maximum absolute atomic E-state index is 12.2. The number of likely N-dealkylation sites (tertiary alicyclic amines) is 1. The third-order valence-electron chi connectivity index (χ3n) is 2.24. The summed E-state index contributed by atoms with van der Waals surface area (Å²) in [5.41, 5.74) is 0. The van der Waals surface area contributed by atoms with E-state index in [2.05, 4.69) is 0 Å². The minimum absolute atomic E-state index is 0.0200. The first-order valence-electron chi connectivity index (χ1n) is 4.20. The molecule has 14 heavy (non-hydrogen) atoms. The fourth-order valence-electron chi connectivity index (χ4n) is 1.31. The van der Waals surface area contributed by atoms with E-state index in [1.165, 1.54) is 0 Å². The van der Waals surface area contributed by atoms with Crippen LogP contribution >= 0.6 is 0 Å². The minimum atomic E-state index is -4.42. The number of piperidine rings is 1. The van der Waals surface area contributed by atoms with Crippen molar-refractivity contribution in [2.75, 3.05) is 6.54 Å². The van der Waals surface area contributed by atoms with Crippen molar-refractivity contribution >= 4 is 11.7 Å². The Kier molecular flexibility index (Phi) is 2.82. The Hall–Kier alpha value is -1.07. The molecule has 1 aliphatic heterocycles. The number of Topliss-reactive ketones (excluding diaryl/α,β-unsaturated/α-hetero) is 1. The first kappa shape index (κ1) is 11.0. The summed E-state index contributed by atoms with van der Waals surface area (Å²) in [6.45, 7) is 0.798. The molecule has 3 nitrogen and oxygen atoms in total. The van der Waals surface area contributed by atoms with Gasteiger partial charge in [0.05, 0.1) is 6.42 Å². The quantitative estimate of drug-likeness (QED) is 0.607. The zero-order chi connectivity index (χ0) is 10.9. The molecule has 0 N–H and O–H groups in total. The summed E-state index contributed by atoms with van der Waals surface area (Å²) in [4.78, 5) is 22.6. The second kappa shape index (κ2) is 3.59. The van der Waals surface area contributed by atoms with Crippen molar-refractivity contribution in [3.63, 3.8) is 0 Å². The van der Waals surface area contributed by atoms with Gasteiger partial charge in [-0.15, -0.1) is 0 Å². The zero-order valence-corrected chi connectivity index (χ0v) is 7.60. The van der Waals surface area contributed by atoms with Crippen molar-refractivity contribution in [3.8, 4) is 0 Å². The number of halogens is 3. The van der Waals surface area contributed by atoms with E-state index in [-0.39, 0.29) is 18.7 Å². The summed E-state index contributed by atoms with van der Waals surface area (Å²) in [5.74, 6) is -1.02. The van der Waals surface area contributed by atoms with Crippen LogP contribution in [0.5, 0.6) is 0 Å². The fourth-order valence-corrected chi connectivity index (χ4v) is 1.31. The number of alkyl halides is 3. The van der Waals surface area contributed by atoms with Gasteiger partial charge in [-0.05, 0) is 6.92 Å². The van der Waals surface area contributed by atoms with Crippen LogP contribution in [0.25, 0.3) is 0 Å². The largest absolute Gasteiger partial charge is 0.408 e. The monoisotopic (exact) mass is 209 g/mol. The molecule has 1 amide bonds. The van der Waals surface area contributed by atoms with E-state index in [0.717, 1.165) is 6.92 Å². The van der Waals surface area contributed by atoms with Crippen LogP contribution in [-0.2, 0) is 9.59 Å². The molecule has 0 aromatic rings. The third kappa shape index (κ3) is 2.24. The lowest BCUT2D eigenvalue weighted by atomic mass is 10.1. The van der Waals surface area contributed by atoms with Crippen LogP contribution in [0.15, 0.2) is 0 Å². The summed E-state index contributed by atoms with van der Waals surface area (Å²) in [6, 6.07) is -1.80. The Morgan fingerprint density at radius 1 is 1.36 bits per heavy atom. The van der Waals surface area contributed by atoms with E-state index in [1.54, 1.807) is 0 Å². The molecule has 1 unspecified atom stereocenters. The predicted molar refractivity (Wildman–Crippen MR) is 41.5 cm³/mol. The summed E-state index contributed by atoms with van der Waals surface area (Å²) >= 11 is 0. The van der Waals surface area contributed by atoms with Gasteiger partial charge in [-0.1, -0.05) is 0 Å². The zero-order valence-electron chi connectivity index (χ0n) is 7.60. The highest BCUT2D eigenvalue weighted by molar-refractivity contribution is 6.00. The molecule has 1 saturated heterocycles. The number of rotatable bonds is 1. The molecule has 0 saturated carbocycles. The first-order valence-corrected chi connectivity index (χ1v) is 4.20. The van der Waals surface area contributed by atoms with Crippen molar-refractivity contribution in [2.24, 2.45) is 0 Å². The molecule has 1 fully saturated rings. The van der Waals surface area contributed by atoms with Crippen molar-refractivity contribution in [1.82, 2.24) is 4.90 Å². The molecule has 1 atom stereocenters. The van der Waals surface area contributed by atoms with Gasteiger partial charge in [0, 0.05) is 13.0 Å². The van der Waals surface area contributed by atoms with Gasteiger partial charge >= 0.3 is 6.18 Å². The van der Waals surface area contributed by atoms with E-state index in [1.807, 2.05) is 0 Å². The van der Waals surface area contributed by atoms with Crippen LogP contribution < -0.4 is 0 Å². The van der Waals surface area contributed by atoms with E-state index < -0.39 is 24.5 Å². The maximum atomic E-state index is 12.2. The standard InChI is InChI=1S/C8H10F3NO2/c1-5(8(9,10)11)12-3-2-6(13)4-7(12)14/h5H,2-4H2,1H3. The second-order valence-corrected chi connectivity index (χ2v) is 3.27. The van der Waals surface area contributed by atoms with Crippen LogP contribution in [0.2, 0.25) is 0 Å². The van der Waals surface area contributed by atoms with Gasteiger partial charge in [0.25, 0.3) is 0 Å². The molecule has 80 valence electrons. The second-order valence-electron chi connectivity index (χ2n) is 3.27. The summed E-state index contributed by atoms with van der Waals surface area (Å²) in [6.07, 6.45) is -4.80. The van der Waals surface area contributed by atoms with Gasteiger partial charge in [-0.3, -0.25) is 9.59 Å². The molecule has 6 heteroatoms. The molecule has 0 aliphatic carbocycles. The molecule has 0 bridgehead atoms. The molecular weight excluding hydrogens is 199 g/mol. The average molecular weight is 209 g/mol. The molecular formula is C8H10F3NO2. The predicted octanol–water partition coefficient (Wildman–Crippen LogP) is 1.13. The van der Waals surface area contributed by atoms with Crippen molar-refractivity contribution in [3.05, 3.63) is 0 Å². The highest BCUT2D eigenvalue weighted by atomic mass is 19.4. The number of hydrogen-bond donors (Lipinski definition) is 0.